The third kappa shape index (κ3) is 6.22. The van der Waals surface area contributed by atoms with Crippen LogP contribution in [0.5, 0.6) is 0 Å². The molecular weight excluding hydrogens is 250 g/mol. The summed E-state index contributed by atoms with van der Waals surface area (Å²) in [6, 6.07) is -1.00. The van der Waals surface area contributed by atoms with Crippen LogP contribution in [0.25, 0.3) is 0 Å². The van der Waals surface area contributed by atoms with Crippen molar-refractivity contribution in [1.29, 1.82) is 0 Å². The first-order valence-corrected chi connectivity index (χ1v) is 6.64. The lowest BCUT2D eigenvalue weighted by Crippen LogP contribution is -2.45. The Morgan fingerprint density at radius 2 is 1.88 bits per heavy atom. The molecule has 8 heteroatoms. The van der Waals surface area contributed by atoms with Gasteiger partial charge in [-0.1, -0.05) is 13.8 Å². The summed E-state index contributed by atoms with van der Waals surface area (Å²) in [5, 5.41) is 8.39. The second kappa shape index (κ2) is 6.55. The summed E-state index contributed by atoms with van der Waals surface area (Å²) in [6.07, 6.45) is -0.513. The molecule has 0 radical (unpaired) electrons. The fourth-order valence-electron chi connectivity index (χ4n) is 1.06. The summed E-state index contributed by atoms with van der Waals surface area (Å²) >= 11 is 0. The second-order valence-corrected chi connectivity index (χ2v) is 5.70. The van der Waals surface area contributed by atoms with Crippen molar-refractivity contribution >= 4 is 22.0 Å². The van der Waals surface area contributed by atoms with Crippen LogP contribution in [0.1, 0.15) is 20.3 Å². The largest absolute Gasteiger partial charge is 0.481 e. The molecule has 2 N–H and O–H groups in total. The van der Waals surface area contributed by atoms with Crippen molar-refractivity contribution in [2.45, 2.75) is 26.3 Å². The van der Waals surface area contributed by atoms with Gasteiger partial charge in [-0.2, -0.15) is 0 Å². The predicted octanol–water partition coefficient (Wildman–Crippen LogP) is -0.422. The van der Waals surface area contributed by atoms with E-state index in [1.165, 1.54) is 0 Å². The molecule has 0 aromatic carbocycles. The van der Waals surface area contributed by atoms with E-state index in [9.17, 15) is 18.0 Å². The minimum Gasteiger partial charge on any atom is -0.481 e. The first kappa shape index (κ1) is 15.9. The molecule has 17 heavy (non-hydrogen) atoms. The molecule has 0 rings (SSSR count). The van der Waals surface area contributed by atoms with Crippen molar-refractivity contribution in [3.63, 3.8) is 0 Å². The highest BCUT2D eigenvalue weighted by atomic mass is 32.2. The van der Waals surface area contributed by atoms with Gasteiger partial charge in [-0.25, -0.2) is 13.1 Å². The van der Waals surface area contributed by atoms with Crippen LogP contribution in [0.15, 0.2) is 0 Å². The zero-order valence-electron chi connectivity index (χ0n) is 9.97. The molecule has 0 aliphatic carbocycles. The van der Waals surface area contributed by atoms with Crippen LogP contribution in [0.3, 0.4) is 0 Å². The number of hydrogen-bond acceptors (Lipinski definition) is 5. The lowest BCUT2D eigenvalue weighted by atomic mass is 10.1. The Bertz CT molecular complexity index is 375. The Morgan fingerprint density at radius 1 is 1.35 bits per heavy atom. The number of esters is 1. The SMILES string of the molecule is COC(=O)[C@@H](NS(=O)(=O)CCC(=O)O)C(C)C. The monoisotopic (exact) mass is 267 g/mol. The highest BCUT2D eigenvalue weighted by molar-refractivity contribution is 7.89. The quantitative estimate of drug-likeness (QED) is 0.606. The summed E-state index contributed by atoms with van der Waals surface area (Å²) in [5.74, 6) is -2.77. The molecule has 100 valence electrons. The summed E-state index contributed by atoms with van der Waals surface area (Å²) in [4.78, 5) is 21.6. The van der Waals surface area contributed by atoms with Crippen molar-refractivity contribution in [3.8, 4) is 0 Å². The van der Waals surface area contributed by atoms with Gasteiger partial charge in [0.15, 0.2) is 0 Å². The lowest BCUT2D eigenvalue weighted by Gasteiger charge is -2.19. The van der Waals surface area contributed by atoms with Crippen molar-refractivity contribution in [1.82, 2.24) is 4.72 Å². The zero-order valence-corrected chi connectivity index (χ0v) is 10.8. The third-order valence-electron chi connectivity index (χ3n) is 2.01. The molecule has 0 saturated heterocycles. The summed E-state index contributed by atoms with van der Waals surface area (Å²) in [7, 11) is -2.65. The molecule has 0 bridgehead atoms. The summed E-state index contributed by atoms with van der Waals surface area (Å²) < 4.78 is 29.6. The maximum Gasteiger partial charge on any atom is 0.324 e. The fraction of sp³-hybridized carbons (Fsp3) is 0.778. The van der Waals surface area contributed by atoms with Crippen molar-refractivity contribution in [2.24, 2.45) is 5.92 Å². The van der Waals surface area contributed by atoms with Gasteiger partial charge in [0.05, 0.1) is 19.3 Å². The number of methoxy groups -OCH3 is 1. The number of ether oxygens (including phenoxy) is 1. The number of carbonyl (C=O) groups excluding carboxylic acids is 1. The molecule has 0 amide bonds. The third-order valence-corrected chi connectivity index (χ3v) is 3.37. The smallest absolute Gasteiger partial charge is 0.324 e. The second-order valence-electron chi connectivity index (χ2n) is 3.83. The van der Waals surface area contributed by atoms with Gasteiger partial charge in [-0.3, -0.25) is 9.59 Å². The number of nitrogens with one attached hydrogen (secondary N) is 1. The van der Waals surface area contributed by atoms with Gasteiger partial charge in [0.1, 0.15) is 6.04 Å². The van der Waals surface area contributed by atoms with E-state index in [0.717, 1.165) is 7.11 Å². The van der Waals surface area contributed by atoms with E-state index in [0.29, 0.717) is 0 Å². The number of aliphatic carboxylic acids is 1. The molecule has 0 spiro atoms. The van der Waals surface area contributed by atoms with Crippen LogP contribution in [0.2, 0.25) is 0 Å². The van der Waals surface area contributed by atoms with E-state index >= 15 is 0 Å². The Labute approximate surface area is 100 Å². The van der Waals surface area contributed by atoms with Gasteiger partial charge in [-0.05, 0) is 5.92 Å². The average molecular weight is 267 g/mol. The summed E-state index contributed by atoms with van der Waals surface area (Å²) in [5.41, 5.74) is 0. The molecule has 0 fully saturated rings. The molecule has 0 aromatic rings. The van der Waals surface area contributed by atoms with Crippen LogP contribution in [0, 0.1) is 5.92 Å². The van der Waals surface area contributed by atoms with E-state index in [2.05, 4.69) is 9.46 Å². The number of rotatable bonds is 7. The first-order chi connectivity index (χ1) is 7.69. The van der Waals surface area contributed by atoms with Crippen LogP contribution in [0.4, 0.5) is 0 Å². The van der Waals surface area contributed by atoms with Crippen molar-refractivity contribution in [2.75, 3.05) is 12.9 Å². The van der Waals surface area contributed by atoms with E-state index < -0.39 is 40.2 Å². The Balaban J connectivity index is 4.64. The fourth-order valence-corrected chi connectivity index (χ4v) is 2.37. The van der Waals surface area contributed by atoms with Gasteiger partial charge < -0.3 is 9.84 Å². The number of carboxylic acid groups (broad SMARTS) is 1. The highest BCUT2D eigenvalue weighted by Gasteiger charge is 2.28. The molecule has 0 heterocycles. The predicted molar refractivity (Wildman–Crippen MR) is 59.8 cm³/mol. The molecule has 0 aromatic heterocycles. The number of carboxylic acids is 1. The van der Waals surface area contributed by atoms with Gasteiger partial charge in [0, 0.05) is 0 Å². The first-order valence-electron chi connectivity index (χ1n) is 4.99. The maximum absolute atomic E-state index is 11.5. The topological polar surface area (TPSA) is 110 Å². The number of carbonyl (C=O) groups is 2. The van der Waals surface area contributed by atoms with Crippen LogP contribution in [-0.4, -0.2) is 44.4 Å². The van der Waals surface area contributed by atoms with Gasteiger partial charge in [-0.15, -0.1) is 0 Å². The summed E-state index contributed by atoms with van der Waals surface area (Å²) in [6.45, 7) is 3.31. The molecule has 7 nitrogen and oxygen atoms in total. The van der Waals surface area contributed by atoms with Gasteiger partial charge in [0.2, 0.25) is 10.0 Å². The van der Waals surface area contributed by atoms with E-state index in [1.807, 2.05) is 0 Å². The standard InChI is InChI=1S/C9H17NO6S/c1-6(2)8(9(13)16-3)10-17(14,15)5-4-7(11)12/h6,8,10H,4-5H2,1-3H3,(H,11,12)/t8-/m0/s1. The Kier molecular flexibility index (Phi) is 6.11. The van der Waals surface area contributed by atoms with E-state index in [-0.39, 0.29) is 5.92 Å². The molecule has 1 atom stereocenters. The number of hydrogen-bond donors (Lipinski definition) is 2. The van der Waals surface area contributed by atoms with Crippen LogP contribution in [-0.2, 0) is 24.3 Å². The number of sulfonamides is 1. The lowest BCUT2D eigenvalue weighted by molar-refractivity contribution is -0.143. The Hall–Kier alpha value is -1.15. The van der Waals surface area contributed by atoms with Crippen LogP contribution < -0.4 is 4.72 Å². The van der Waals surface area contributed by atoms with Gasteiger partial charge >= 0.3 is 11.9 Å². The normalized spacial score (nSPS) is 13.4. The zero-order chi connectivity index (χ0) is 13.6. The minimum absolute atomic E-state index is 0.290. The molecule has 0 aliphatic rings. The van der Waals surface area contributed by atoms with Crippen molar-refractivity contribution in [3.05, 3.63) is 0 Å². The molecule has 0 saturated carbocycles. The van der Waals surface area contributed by atoms with E-state index in [4.69, 9.17) is 5.11 Å². The van der Waals surface area contributed by atoms with Crippen molar-refractivity contribution < 1.29 is 27.9 Å². The molecular formula is C9H17NO6S. The highest BCUT2D eigenvalue weighted by Crippen LogP contribution is 2.06. The minimum atomic E-state index is -3.81. The van der Waals surface area contributed by atoms with E-state index in [1.54, 1.807) is 13.8 Å². The Morgan fingerprint density at radius 3 is 2.24 bits per heavy atom. The molecule has 0 unspecified atom stereocenters. The average Bonchev–Trinajstić information content (AvgIpc) is 2.22. The van der Waals surface area contributed by atoms with Crippen LogP contribution >= 0.6 is 0 Å². The molecule has 0 aliphatic heterocycles. The maximum atomic E-state index is 11.5. The van der Waals surface area contributed by atoms with Gasteiger partial charge in [0.25, 0.3) is 0 Å².